The van der Waals surface area contributed by atoms with Gasteiger partial charge in [0.25, 0.3) is 5.56 Å². The maximum absolute atomic E-state index is 12.9. The molecule has 4 rings (SSSR count). The standard InChI is InChI=1S/C20H18N2OS/c1-3-10-22-13(2)21-19-18(20(22)23)17(12-24-19)16-9-8-14-6-4-5-7-15(14)11-16/h1,8-9,11-12H,4-7,10H2,2H3. The number of aromatic nitrogens is 2. The Hall–Kier alpha value is -2.38. The van der Waals surface area contributed by atoms with Crippen molar-refractivity contribution in [3.8, 4) is 23.5 Å². The molecule has 1 aliphatic rings. The van der Waals surface area contributed by atoms with Crippen LogP contribution in [0, 0.1) is 19.3 Å². The lowest BCUT2D eigenvalue weighted by Gasteiger charge is -2.16. The molecule has 0 amide bonds. The lowest BCUT2D eigenvalue weighted by atomic mass is 9.89. The normalized spacial score (nSPS) is 13.7. The maximum atomic E-state index is 12.9. The number of benzene rings is 1. The number of hydrogen-bond donors (Lipinski definition) is 0. The second kappa shape index (κ2) is 5.92. The van der Waals surface area contributed by atoms with Gasteiger partial charge in [-0.25, -0.2) is 4.98 Å². The lowest BCUT2D eigenvalue weighted by molar-refractivity contribution is 0.686. The van der Waals surface area contributed by atoms with E-state index >= 15 is 0 Å². The van der Waals surface area contributed by atoms with Gasteiger partial charge in [-0.2, -0.15) is 0 Å². The molecular formula is C20H18N2OS. The molecule has 0 saturated carbocycles. The zero-order valence-corrected chi connectivity index (χ0v) is 14.4. The number of aryl methyl sites for hydroxylation is 3. The quantitative estimate of drug-likeness (QED) is 0.665. The predicted molar refractivity (Wildman–Crippen MR) is 99.5 cm³/mol. The summed E-state index contributed by atoms with van der Waals surface area (Å²) in [4.78, 5) is 18.3. The van der Waals surface area contributed by atoms with Gasteiger partial charge in [0, 0.05) is 10.9 Å². The minimum atomic E-state index is -0.0376. The number of nitrogens with zero attached hydrogens (tertiary/aromatic N) is 2. The largest absolute Gasteiger partial charge is 0.284 e. The fourth-order valence-corrected chi connectivity index (χ4v) is 4.50. The summed E-state index contributed by atoms with van der Waals surface area (Å²) in [7, 11) is 0. The van der Waals surface area contributed by atoms with Crippen LogP contribution in [-0.4, -0.2) is 9.55 Å². The Morgan fingerprint density at radius 3 is 2.88 bits per heavy atom. The van der Waals surface area contributed by atoms with Crippen molar-refractivity contribution in [3.05, 3.63) is 50.9 Å². The van der Waals surface area contributed by atoms with Crippen LogP contribution in [0.4, 0.5) is 0 Å². The monoisotopic (exact) mass is 334 g/mol. The van der Waals surface area contributed by atoms with E-state index in [1.807, 2.05) is 12.3 Å². The molecule has 0 unspecified atom stereocenters. The fraction of sp³-hybridized carbons (Fsp3) is 0.300. The first kappa shape index (κ1) is 15.2. The van der Waals surface area contributed by atoms with Crippen molar-refractivity contribution < 1.29 is 0 Å². The number of rotatable bonds is 2. The first-order chi connectivity index (χ1) is 11.7. The van der Waals surface area contributed by atoms with Crippen molar-refractivity contribution in [2.75, 3.05) is 0 Å². The van der Waals surface area contributed by atoms with Gasteiger partial charge in [0.05, 0.1) is 11.9 Å². The minimum Gasteiger partial charge on any atom is -0.284 e. The van der Waals surface area contributed by atoms with E-state index in [1.165, 1.54) is 35.3 Å². The van der Waals surface area contributed by atoms with Crippen LogP contribution < -0.4 is 5.56 Å². The van der Waals surface area contributed by atoms with E-state index in [0.29, 0.717) is 11.2 Å². The smallest absolute Gasteiger partial charge is 0.263 e. The Bertz CT molecular complexity index is 1040. The minimum absolute atomic E-state index is 0.0376. The van der Waals surface area contributed by atoms with Crippen LogP contribution in [0.15, 0.2) is 28.4 Å². The molecule has 0 aliphatic heterocycles. The van der Waals surface area contributed by atoms with Crippen molar-refractivity contribution in [1.29, 1.82) is 0 Å². The zero-order chi connectivity index (χ0) is 16.7. The molecule has 2 heterocycles. The van der Waals surface area contributed by atoms with E-state index in [9.17, 15) is 4.79 Å². The number of terminal acetylenes is 1. The lowest BCUT2D eigenvalue weighted by Crippen LogP contribution is -2.23. The molecule has 0 saturated heterocycles. The number of fused-ring (bicyclic) bond motifs is 2. The van der Waals surface area contributed by atoms with E-state index in [4.69, 9.17) is 6.42 Å². The van der Waals surface area contributed by atoms with E-state index in [0.717, 1.165) is 28.8 Å². The highest BCUT2D eigenvalue weighted by Crippen LogP contribution is 2.33. The van der Waals surface area contributed by atoms with Crippen LogP contribution in [0.2, 0.25) is 0 Å². The van der Waals surface area contributed by atoms with E-state index in [1.54, 1.807) is 4.57 Å². The first-order valence-corrected chi connectivity index (χ1v) is 9.11. The zero-order valence-electron chi connectivity index (χ0n) is 13.6. The summed E-state index contributed by atoms with van der Waals surface area (Å²) in [6, 6.07) is 6.60. The molecule has 1 aliphatic carbocycles. The topological polar surface area (TPSA) is 34.9 Å². The molecule has 0 fully saturated rings. The number of thiophene rings is 1. The molecule has 0 atom stereocenters. The molecule has 120 valence electrons. The van der Waals surface area contributed by atoms with Crippen molar-refractivity contribution in [2.24, 2.45) is 0 Å². The Morgan fingerprint density at radius 1 is 1.29 bits per heavy atom. The van der Waals surface area contributed by atoms with Gasteiger partial charge in [-0.3, -0.25) is 9.36 Å². The molecule has 24 heavy (non-hydrogen) atoms. The molecule has 3 nitrogen and oxygen atoms in total. The first-order valence-electron chi connectivity index (χ1n) is 8.23. The highest BCUT2D eigenvalue weighted by Gasteiger charge is 2.17. The van der Waals surface area contributed by atoms with E-state index in [2.05, 4.69) is 29.1 Å². The summed E-state index contributed by atoms with van der Waals surface area (Å²) >= 11 is 1.53. The third-order valence-electron chi connectivity index (χ3n) is 4.79. The van der Waals surface area contributed by atoms with Gasteiger partial charge in [-0.05, 0) is 49.3 Å². The van der Waals surface area contributed by atoms with E-state index < -0.39 is 0 Å². The van der Waals surface area contributed by atoms with Gasteiger partial charge in [0.15, 0.2) is 0 Å². The summed E-state index contributed by atoms with van der Waals surface area (Å²) < 4.78 is 1.58. The van der Waals surface area contributed by atoms with Gasteiger partial charge in [-0.1, -0.05) is 24.1 Å². The van der Waals surface area contributed by atoms with Gasteiger partial charge in [0.1, 0.15) is 10.7 Å². The van der Waals surface area contributed by atoms with Gasteiger partial charge < -0.3 is 0 Å². The molecule has 0 N–H and O–H groups in total. The molecule has 0 radical (unpaired) electrons. The second-order valence-corrected chi connectivity index (χ2v) is 7.13. The Labute approximate surface area is 145 Å². The van der Waals surface area contributed by atoms with Crippen LogP contribution >= 0.6 is 11.3 Å². The summed E-state index contributed by atoms with van der Waals surface area (Å²) in [5.41, 5.74) is 4.92. The van der Waals surface area contributed by atoms with Crippen molar-refractivity contribution in [1.82, 2.24) is 9.55 Å². The van der Waals surface area contributed by atoms with Gasteiger partial charge in [-0.15, -0.1) is 17.8 Å². The predicted octanol–water partition coefficient (Wildman–Crippen LogP) is 3.95. The van der Waals surface area contributed by atoms with Crippen LogP contribution in [0.25, 0.3) is 21.3 Å². The maximum Gasteiger partial charge on any atom is 0.263 e. The molecule has 2 aromatic heterocycles. The van der Waals surface area contributed by atoms with Crippen LogP contribution in [0.5, 0.6) is 0 Å². The second-order valence-electron chi connectivity index (χ2n) is 6.27. The molecule has 0 bridgehead atoms. The third-order valence-corrected chi connectivity index (χ3v) is 5.67. The molecule has 0 spiro atoms. The van der Waals surface area contributed by atoms with E-state index in [-0.39, 0.29) is 12.1 Å². The molecule has 3 aromatic rings. The highest BCUT2D eigenvalue weighted by atomic mass is 32.1. The fourth-order valence-electron chi connectivity index (χ4n) is 3.52. The highest BCUT2D eigenvalue weighted by molar-refractivity contribution is 7.17. The average molecular weight is 334 g/mol. The Kier molecular flexibility index (Phi) is 3.74. The van der Waals surface area contributed by atoms with Crippen molar-refractivity contribution in [3.63, 3.8) is 0 Å². The van der Waals surface area contributed by atoms with Gasteiger partial charge in [0.2, 0.25) is 0 Å². The number of hydrogen-bond acceptors (Lipinski definition) is 3. The van der Waals surface area contributed by atoms with Crippen LogP contribution in [0.1, 0.15) is 29.8 Å². The average Bonchev–Trinajstić information content (AvgIpc) is 3.02. The Morgan fingerprint density at radius 2 is 2.08 bits per heavy atom. The summed E-state index contributed by atoms with van der Waals surface area (Å²) in [5, 5.41) is 2.74. The Balaban J connectivity index is 1.93. The van der Waals surface area contributed by atoms with Crippen molar-refractivity contribution >= 4 is 21.6 Å². The van der Waals surface area contributed by atoms with Gasteiger partial charge >= 0.3 is 0 Å². The molecular weight excluding hydrogens is 316 g/mol. The summed E-state index contributed by atoms with van der Waals surface area (Å²) in [6.45, 7) is 2.09. The summed E-state index contributed by atoms with van der Waals surface area (Å²) in [6.07, 6.45) is 10.2. The third kappa shape index (κ3) is 2.37. The SMILES string of the molecule is C#CCn1c(C)nc2scc(-c3ccc4c(c3)CCCC4)c2c1=O. The van der Waals surface area contributed by atoms with Crippen LogP contribution in [-0.2, 0) is 19.4 Å². The molecule has 1 aromatic carbocycles. The van der Waals surface area contributed by atoms with Crippen LogP contribution in [0.3, 0.4) is 0 Å². The molecule has 4 heteroatoms. The van der Waals surface area contributed by atoms with Crippen molar-refractivity contribution in [2.45, 2.75) is 39.2 Å². The summed E-state index contributed by atoms with van der Waals surface area (Å²) in [5.74, 6) is 3.22.